The number of carbonyl (C=O) groups is 2. The Morgan fingerprint density at radius 2 is 1.63 bits per heavy atom. The van der Waals surface area contributed by atoms with Crippen molar-refractivity contribution in [1.82, 2.24) is 0 Å². The van der Waals surface area contributed by atoms with E-state index < -0.39 is 17.9 Å². The van der Waals surface area contributed by atoms with Crippen LogP contribution in [0.5, 0.6) is 0 Å². The first-order valence-corrected chi connectivity index (χ1v) is 15.4. The number of fused-ring (bicyclic) bond motifs is 4. The third kappa shape index (κ3) is 4.90. The number of aliphatic hydroxyl groups is 1. The molecule has 0 bridgehead atoms. The molecule has 214 valence electrons. The van der Waals surface area contributed by atoms with Gasteiger partial charge < -0.3 is 14.6 Å². The molecule has 1 N–H and O–H groups in total. The summed E-state index contributed by atoms with van der Waals surface area (Å²) >= 11 is 0. The summed E-state index contributed by atoms with van der Waals surface area (Å²) in [5.74, 6) is -0.0758. The Labute approximate surface area is 230 Å². The molecule has 0 spiro atoms. The summed E-state index contributed by atoms with van der Waals surface area (Å²) in [4.78, 5) is 24.8. The largest absolute Gasteiger partial charge is 0.465 e. The van der Waals surface area contributed by atoms with Gasteiger partial charge in [0, 0.05) is 0 Å². The molecule has 0 aliphatic heterocycles. The van der Waals surface area contributed by atoms with E-state index in [1.807, 2.05) is 0 Å². The maximum absolute atomic E-state index is 12.4. The van der Waals surface area contributed by atoms with Crippen LogP contribution >= 0.6 is 0 Å². The normalized spacial score (nSPS) is 34.7. The second-order valence-electron chi connectivity index (χ2n) is 13.7. The van der Waals surface area contributed by atoms with Gasteiger partial charge in [-0.2, -0.15) is 0 Å². The lowest BCUT2D eigenvalue weighted by Crippen LogP contribution is -2.53. The van der Waals surface area contributed by atoms with Crippen molar-refractivity contribution < 1.29 is 24.2 Å². The highest BCUT2D eigenvalue weighted by atomic mass is 16.6. The van der Waals surface area contributed by atoms with Crippen LogP contribution in [0, 0.1) is 39.9 Å². The molecule has 5 heteroatoms. The summed E-state index contributed by atoms with van der Waals surface area (Å²) in [6.07, 6.45) is 12.5. The zero-order valence-electron chi connectivity index (χ0n) is 25.0. The van der Waals surface area contributed by atoms with Crippen LogP contribution in [0.2, 0.25) is 0 Å². The maximum atomic E-state index is 12.4. The van der Waals surface area contributed by atoms with Gasteiger partial charge in [-0.3, -0.25) is 9.59 Å². The zero-order valence-corrected chi connectivity index (χ0v) is 25.0. The van der Waals surface area contributed by atoms with E-state index in [2.05, 4.69) is 40.7 Å². The molecule has 0 saturated heterocycles. The SMILES string of the molecule is CCOC(=O)C(CCC[C@@H](C)[C@H]1CC=C2C3=C(CC[C@@]21C)[C@@]1(C)CC[C@@H](O)C(C)(C)[C@@H]1CC3)C(=O)OCC. The Hall–Kier alpha value is -1.62. The Kier molecular flexibility index (Phi) is 8.58. The molecule has 0 aromatic rings. The first kappa shape index (κ1) is 29.4. The fourth-order valence-electron chi connectivity index (χ4n) is 9.24. The van der Waals surface area contributed by atoms with E-state index in [0.29, 0.717) is 24.2 Å². The third-order valence-electron chi connectivity index (χ3n) is 11.4. The quantitative estimate of drug-likeness (QED) is 0.254. The van der Waals surface area contributed by atoms with Gasteiger partial charge in [-0.25, -0.2) is 0 Å². The molecule has 4 aliphatic rings. The zero-order chi connectivity index (χ0) is 27.9. The fraction of sp³-hybridized carbons (Fsp3) is 0.818. The summed E-state index contributed by atoms with van der Waals surface area (Å²) in [5, 5.41) is 10.8. The minimum atomic E-state index is -0.813. The molecular weight excluding hydrogens is 476 g/mol. The van der Waals surface area contributed by atoms with Crippen LogP contribution in [0.4, 0.5) is 0 Å². The average molecular weight is 529 g/mol. The average Bonchev–Trinajstić information content (AvgIpc) is 3.22. The molecule has 4 rings (SSSR count). The molecule has 0 radical (unpaired) electrons. The van der Waals surface area contributed by atoms with E-state index in [4.69, 9.17) is 9.47 Å². The van der Waals surface area contributed by atoms with E-state index in [9.17, 15) is 14.7 Å². The number of allylic oxidation sites excluding steroid dienone is 4. The number of ether oxygens (including phenoxy) is 2. The van der Waals surface area contributed by atoms with Crippen LogP contribution in [0.3, 0.4) is 0 Å². The van der Waals surface area contributed by atoms with Crippen LogP contribution in [0.25, 0.3) is 0 Å². The van der Waals surface area contributed by atoms with Gasteiger partial charge in [0.15, 0.2) is 5.92 Å². The molecule has 1 fully saturated rings. The molecule has 4 aliphatic carbocycles. The fourth-order valence-corrected chi connectivity index (χ4v) is 9.24. The Bertz CT molecular complexity index is 958. The Morgan fingerprint density at radius 3 is 2.26 bits per heavy atom. The van der Waals surface area contributed by atoms with Crippen molar-refractivity contribution in [2.45, 2.75) is 119 Å². The molecule has 1 saturated carbocycles. The lowest BCUT2D eigenvalue weighted by Gasteiger charge is -2.59. The van der Waals surface area contributed by atoms with Crippen LogP contribution in [-0.2, 0) is 19.1 Å². The van der Waals surface area contributed by atoms with Crippen LogP contribution in [0.15, 0.2) is 22.8 Å². The van der Waals surface area contributed by atoms with Crippen molar-refractivity contribution in [1.29, 1.82) is 0 Å². The molecule has 5 nitrogen and oxygen atoms in total. The van der Waals surface area contributed by atoms with Crippen molar-refractivity contribution in [2.24, 2.45) is 39.9 Å². The molecule has 6 atom stereocenters. The van der Waals surface area contributed by atoms with Crippen molar-refractivity contribution in [3.63, 3.8) is 0 Å². The van der Waals surface area contributed by atoms with Crippen LogP contribution in [-0.4, -0.2) is 36.4 Å². The number of carbonyl (C=O) groups excluding carboxylic acids is 2. The third-order valence-corrected chi connectivity index (χ3v) is 11.4. The van der Waals surface area contributed by atoms with E-state index in [1.54, 1.807) is 30.6 Å². The molecule has 0 aromatic carbocycles. The first-order valence-electron chi connectivity index (χ1n) is 15.4. The van der Waals surface area contributed by atoms with Crippen LogP contribution in [0.1, 0.15) is 113 Å². The maximum Gasteiger partial charge on any atom is 0.320 e. The number of rotatable bonds is 9. The van der Waals surface area contributed by atoms with Gasteiger partial charge in [-0.05, 0) is 110 Å². The highest BCUT2D eigenvalue weighted by Gasteiger charge is 2.57. The van der Waals surface area contributed by atoms with Gasteiger partial charge in [0.25, 0.3) is 0 Å². The van der Waals surface area contributed by atoms with E-state index in [-0.39, 0.29) is 35.6 Å². The number of hydrogen-bond donors (Lipinski definition) is 1. The lowest BCUT2D eigenvalue weighted by atomic mass is 9.46. The Balaban J connectivity index is 1.45. The second-order valence-corrected chi connectivity index (χ2v) is 13.7. The minimum Gasteiger partial charge on any atom is -0.465 e. The van der Waals surface area contributed by atoms with E-state index in [0.717, 1.165) is 38.5 Å². The summed E-state index contributed by atoms with van der Waals surface area (Å²) in [6.45, 7) is 16.0. The molecular formula is C33H52O5. The monoisotopic (exact) mass is 528 g/mol. The number of esters is 2. The van der Waals surface area contributed by atoms with Crippen molar-refractivity contribution in [2.75, 3.05) is 13.2 Å². The molecule has 0 amide bonds. The molecule has 0 aromatic heterocycles. The molecule has 0 heterocycles. The summed E-state index contributed by atoms with van der Waals surface area (Å²) in [5.41, 5.74) is 5.36. The van der Waals surface area contributed by atoms with Gasteiger partial charge in [0.1, 0.15) is 0 Å². The standard InChI is InChI=1S/C33H52O5/c1-8-37-29(35)23(30(36)38-9-2)12-10-11-21(3)24-14-15-25-22-13-16-27-31(4,5)28(34)18-20-33(27,7)26(22)17-19-32(24,25)6/h15,21,23-24,27-28,34H,8-14,16-20H2,1-7H3/t21-,24-,27+,28-,32-,33-/m1/s1. The topological polar surface area (TPSA) is 72.8 Å². The predicted molar refractivity (Wildman–Crippen MR) is 150 cm³/mol. The van der Waals surface area contributed by atoms with Crippen molar-refractivity contribution >= 4 is 11.9 Å². The van der Waals surface area contributed by atoms with Gasteiger partial charge in [0.05, 0.1) is 19.3 Å². The molecule has 38 heavy (non-hydrogen) atoms. The summed E-state index contributed by atoms with van der Waals surface area (Å²) in [7, 11) is 0. The van der Waals surface area contributed by atoms with Crippen molar-refractivity contribution in [3.8, 4) is 0 Å². The second kappa shape index (κ2) is 11.1. The highest BCUT2D eigenvalue weighted by Crippen LogP contribution is 2.66. The smallest absolute Gasteiger partial charge is 0.320 e. The lowest BCUT2D eigenvalue weighted by molar-refractivity contribution is -0.162. The van der Waals surface area contributed by atoms with E-state index >= 15 is 0 Å². The van der Waals surface area contributed by atoms with Gasteiger partial charge in [-0.1, -0.05) is 59.1 Å². The minimum absolute atomic E-state index is 0.0294. The van der Waals surface area contributed by atoms with E-state index in [1.165, 1.54) is 19.3 Å². The predicted octanol–water partition coefficient (Wildman–Crippen LogP) is 7.18. The van der Waals surface area contributed by atoms with Crippen molar-refractivity contribution in [3.05, 3.63) is 22.8 Å². The summed E-state index contributed by atoms with van der Waals surface area (Å²) < 4.78 is 10.3. The number of aliphatic hydroxyl groups excluding tert-OH is 1. The van der Waals surface area contributed by atoms with Gasteiger partial charge in [-0.15, -0.1) is 0 Å². The molecule has 0 unspecified atom stereocenters. The first-order chi connectivity index (χ1) is 17.9. The van der Waals surface area contributed by atoms with Gasteiger partial charge in [0.2, 0.25) is 0 Å². The highest BCUT2D eigenvalue weighted by molar-refractivity contribution is 5.94. The van der Waals surface area contributed by atoms with Crippen LogP contribution < -0.4 is 0 Å². The summed E-state index contributed by atoms with van der Waals surface area (Å²) in [6, 6.07) is 0. The number of hydrogen-bond acceptors (Lipinski definition) is 5. The van der Waals surface area contributed by atoms with Gasteiger partial charge >= 0.3 is 11.9 Å². The Morgan fingerprint density at radius 1 is 0.974 bits per heavy atom.